The highest BCUT2D eigenvalue weighted by molar-refractivity contribution is 7.98. The van der Waals surface area contributed by atoms with Crippen LogP contribution in [0.15, 0.2) is 40.4 Å². The highest BCUT2D eigenvalue weighted by atomic mass is 35.5. The number of H-pyrrole nitrogens is 1. The molecule has 0 saturated heterocycles. The molecule has 0 unspecified atom stereocenters. The number of nitrogen functional groups attached to an aromatic ring is 1. The lowest BCUT2D eigenvalue weighted by molar-refractivity contribution is 0.936. The predicted octanol–water partition coefficient (Wildman–Crippen LogP) is 2.93. The quantitative estimate of drug-likeness (QED) is 0.516. The third-order valence-electron chi connectivity index (χ3n) is 2.16. The summed E-state index contributed by atoms with van der Waals surface area (Å²) in [6, 6.07) is 6.75. The summed E-state index contributed by atoms with van der Waals surface area (Å²) in [7, 11) is 0. The van der Waals surface area contributed by atoms with Crippen LogP contribution >= 0.6 is 23.4 Å². The Labute approximate surface area is 115 Å². The Morgan fingerprint density at radius 2 is 2.17 bits per heavy atom. The zero-order chi connectivity index (χ0) is 12.3. The van der Waals surface area contributed by atoms with Crippen molar-refractivity contribution in [3.8, 4) is 0 Å². The summed E-state index contributed by atoms with van der Waals surface area (Å²) in [5.41, 5.74) is 7.15. The molecule has 2 aromatic rings. The molecular weight excluding hydrogens is 270 g/mol. The van der Waals surface area contributed by atoms with E-state index in [-0.39, 0.29) is 13.0 Å². The predicted molar refractivity (Wildman–Crippen MR) is 77.0 cm³/mol. The van der Waals surface area contributed by atoms with Crippen LogP contribution in [-0.2, 0) is 5.75 Å². The number of rotatable bonds is 3. The topological polar surface area (TPSA) is 71.8 Å². The molecule has 6 heteroatoms. The monoisotopic (exact) mass is 283 g/mol. The summed E-state index contributed by atoms with van der Waals surface area (Å²) in [6.45, 7) is 0. The van der Waals surface area contributed by atoms with E-state index in [1.807, 2.05) is 0 Å². The largest absolute Gasteiger partial charge is 0.398 e. The van der Waals surface area contributed by atoms with Gasteiger partial charge in [-0.15, -0.1) is 0 Å². The van der Waals surface area contributed by atoms with Gasteiger partial charge < -0.3 is 10.7 Å². The van der Waals surface area contributed by atoms with Crippen molar-refractivity contribution >= 4 is 29.1 Å². The van der Waals surface area contributed by atoms with Crippen LogP contribution in [0.3, 0.4) is 0 Å². The first-order chi connectivity index (χ1) is 8.16. The van der Waals surface area contributed by atoms with Crippen LogP contribution < -0.4 is 11.3 Å². The third-order valence-corrected chi connectivity index (χ3v) is 3.42. The van der Waals surface area contributed by atoms with Gasteiger partial charge in [-0.25, -0.2) is 4.98 Å². The van der Waals surface area contributed by atoms with Crippen molar-refractivity contribution in [3.63, 3.8) is 0 Å². The Balaban J connectivity index is 0.00000162. The molecule has 0 amide bonds. The van der Waals surface area contributed by atoms with Gasteiger partial charge in [0.15, 0.2) is 5.16 Å². The molecule has 4 nitrogen and oxygen atoms in total. The molecule has 3 N–H and O–H groups in total. The second-order valence-electron chi connectivity index (χ2n) is 3.34. The van der Waals surface area contributed by atoms with Crippen molar-refractivity contribution in [2.75, 3.05) is 5.73 Å². The Bertz CT molecular complexity index is 565. The average Bonchev–Trinajstić information content (AvgIpc) is 2.28. The maximum absolute atomic E-state index is 11.1. The molecule has 2 rings (SSSR count). The summed E-state index contributed by atoms with van der Waals surface area (Å²) in [4.78, 5) is 17.7. The molecule has 1 heterocycles. The van der Waals surface area contributed by atoms with Gasteiger partial charge in [0.2, 0.25) is 0 Å². The van der Waals surface area contributed by atoms with Crippen molar-refractivity contribution in [2.45, 2.75) is 18.3 Å². The molecule has 18 heavy (non-hydrogen) atoms. The van der Waals surface area contributed by atoms with Crippen molar-refractivity contribution < 1.29 is 0 Å². The SMILES string of the molecule is C.Nc1cccc(Cl)c1CSc1nccc(=O)[nH]1. The number of hydrogen-bond acceptors (Lipinski definition) is 4. The summed E-state index contributed by atoms with van der Waals surface area (Å²) >= 11 is 7.43. The van der Waals surface area contributed by atoms with Gasteiger partial charge in [0.25, 0.3) is 5.56 Å². The lowest BCUT2D eigenvalue weighted by atomic mass is 10.2. The lowest BCUT2D eigenvalue weighted by Gasteiger charge is -2.06. The number of benzene rings is 1. The van der Waals surface area contributed by atoms with Crippen molar-refractivity contribution in [1.29, 1.82) is 0 Å². The summed E-state index contributed by atoms with van der Waals surface area (Å²) in [5.74, 6) is 0.568. The van der Waals surface area contributed by atoms with Crippen LogP contribution in [0.1, 0.15) is 13.0 Å². The highest BCUT2D eigenvalue weighted by Gasteiger charge is 2.06. The summed E-state index contributed by atoms with van der Waals surface area (Å²) in [5, 5.41) is 1.17. The molecule has 0 aliphatic rings. The van der Waals surface area contributed by atoms with Gasteiger partial charge in [0.05, 0.1) is 0 Å². The van der Waals surface area contributed by atoms with Crippen LogP contribution in [0, 0.1) is 0 Å². The van der Waals surface area contributed by atoms with Gasteiger partial charge in [0.1, 0.15) is 0 Å². The molecule has 1 aromatic carbocycles. The molecule has 0 aliphatic carbocycles. The van der Waals surface area contributed by atoms with Crippen molar-refractivity contribution in [2.24, 2.45) is 0 Å². The fraction of sp³-hybridized carbons (Fsp3) is 0.167. The first-order valence-electron chi connectivity index (χ1n) is 4.88. The second kappa shape index (κ2) is 6.47. The molecule has 0 radical (unpaired) electrons. The van der Waals surface area contributed by atoms with E-state index in [1.54, 1.807) is 18.2 Å². The van der Waals surface area contributed by atoms with Gasteiger partial charge in [-0.05, 0) is 12.1 Å². The molecule has 0 fully saturated rings. The number of thioether (sulfide) groups is 1. The molecule has 0 bridgehead atoms. The molecule has 96 valence electrons. The number of anilines is 1. The van der Waals surface area contributed by atoms with Crippen molar-refractivity contribution in [3.05, 3.63) is 51.4 Å². The number of nitrogens with two attached hydrogens (primary N) is 1. The third kappa shape index (κ3) is 3.51. The molecule has 0 aliphatic heterocycles. The van der Waals surface area contributed by atoms with Crippen LogP contribution in [0.2, 0.25) is 5.02 Å². The Kier molecular flexibility index (Phi) is 5.25. The zero-order valence-electron chi connectivity index (χ0n) is 8.81. The minimum Gasteiger partial charge on any atom is -0.398 e. The van der Waals surface area contributed by atoms with Gasteiger partial charge in [-0.3, -0.25) is 4.79 Å². The maximum Gasteiger partial charge on any atom is 0.251 e. The maximum atomic E-state index is 11.1. The van der Waals surface area contributed by atoms with Gasteiger partial charge in [-0.2, -0.15) is 0 Å². The molecule has 0 spiro atoms. The number of nitrogens with one attached hydrogen (secondary N) is 1. The minimum absolute atomic E-state index is 0. The molecule has 0 saturated carbocycles. The second-order valence-corrected chi connectivity index (χ2v) is 4.71. The van der Waals surface area contributed by atoms with Gasteiger partial charge >= 0.3 is 0 Å². The van der Waals surface area contributed by atoms with E-state index in [0.717, 1.165) is 5.56 Å². The fourth-order valence-electron chi connectivity index (χ4n) is 1.29. The normalized spacial score (nSPS) is 9.83. The van der Waals surface area contributed by atoms with E-state index >= 15 is 0 Å². The first-order valence-corrected chi connectivity index (χ1v) is 6.24. The lowest BCUT2D eigenvalue weighted by Crippen LogP contribution is -2.05. The van der Waals surface area contributed by atoms with E-state index < -0.39 is 0 Å². The number of hydrogen-bond donors (Lipinski definition) is 2. The van der Waals surface area contributed by atoms with Crippen LogP contribution in [0.5, 0.6) is 0 Å². The standard InChI is InChI=1S/C11H10ClN3OS.CH4/c12-8-2-1-3-9(13)7(8)6-17-11-14-5-4-10(16)15-11;/h1-5H,6,13H2,(H,14,15,16);1H4. The first kappa shape index (κ1) is 14.6. The van der Waals surface area contributed by atoms with E-state index in [1.165, 1.54) is 24.0 Å². The molecule has 1 aromatic heterocycles. The van der Waals surface area contributed by atoms with Gasteiger partial charge in [-0.1, -0.05) is 36.9 Å². The average molecular weight is 284 g/mol. The highest BCUT2D eigenvalue weighted by Crippen LogP contribution is 2.28. The Morgan fingerprint density at radius 1 is 1.39 bits per heavy atom. The zero-order valence-corrected chi connectivity index (χ0v) is 10.4. The molecule has 0 atom stereocenters. The number of aromatic nitrogens is 2. The van der Waals surface area contributed by atoms with Crippen molar-refractivity contribution in [1.82, 2.24) is 9.97 Å². The van der Waals surface area contributed by atoms with E-state index in [2.05, 4.69) is 9.97 Å². The van der Waals surface area contributed by atoms with Crippen LogP contribution in [0.25, 0.3) is 0 Å². The number of aromatic amines is 1. The Morgan fingerprint density at radius 3 is 2.83 bits per heavy atom. The summed E-state index contributed by atoms with van der Waals surface area (Å²) < 4.78 is 0. The van der Waals surface area contributed by atoms with Crippen LogP contribution in [-0.4, -0.2) is 9.97 Å². The van der Waals surface area contributed by atoms with Crippen LogP contribution in [0.4, 0.5) is 5.69 Å². The Hall–Kier alpha value is -1.46. The number of halogens is 1. The summed E-state index contributed by atoms with van der Waals surface area (Å²) in [6.07, 6.45) is 1.47. The number of nitrogens with zero attached hydrogens (tertiary/aromatic N) is 1. The van der Waals surface area contributed by atoms with E-state index in [0.29, 0.717) is 21.6 Å². The van der Waals surface area contributed by atoms with E-state index in [9.17, 15) is 4.79 Å². The minimum atomic E-state index is -0.172. The fourth-order valence-corrected chi connectivity index (χ4v) is 2.53. The van der Waals surface area contributed by atoms with E-state index in [4.69, 9.17) is 17.3 Å². The smallest absolute Gasteiger partial charge is 0.251 e. The van der Waals surface area contributed by atoms with Gasteiger partial charge in [0, 0.05) is 34.3 Å². The molecular formula is C12H14ClN3OS.